The molecule has 2 amide bonds. The summed E-state index contributed by atoms with van der Waals surface area (Å²) in [6.45, 7) is 4.76. The molecular formula is C19H25ClN2O4. The van der Waals surface area contributed by atoms with Crippen LogP contribution in [0.1, 0.15) is 26.2 Å². The molecule has 0 aromatic heterocycles. The molecule has 2 aliphatic rings. The molecule has 1 aromatic rings. The molecule has 2 unspecified atom stereocenters. The maximum absolute atomic E-state index is 12.7. The third kappa shape index (κ3) is 4.68. The minimum atomic E-state index is -0.586. The van der Waals surface area contributed by atoms with Crippen molar-refractivity contribution in [1.29, 1.82) is 0 Å². The van der Waals surface area contributed by atoms with Gasteiger partial charge in [-0.3, -0.25) is 9.59 Å². The summed E-state index contributed by atoms with van der Waals surface area (Å²) in [7, 11) is 0. The molecule has 26 heavy (non-hydrogen) atoms. The third-order valence-electron chi connectivity index (χ3n) is 4.80. The summed E-state index contributed by atoms with van der Waals surface area (Å²) in [5.41, 5.74) is 0. The van der Waals surface area contributed by atoms with Crippen LogP contribution in [0.4, 0.5) is 0 Å². The lowest BCUT2D eigenvalue weighted by Crippen LogP contribution is -2.44. The fourth-order valence-electron chi connectivity index (χ4n) is 3.36. The van der Waals surface area contributed by atoms with E-state index in [2.05, 4.69) is 0 Å². The normalized spacial score (nSPS) is 22.0. The number of rotatable bonds is 4. The van der Waals surface area contributed by atoms with Gasteiger partial charge in [-0.2, -0.15) is 0 Å². The Balaban J connectivity index is 1.53. The quantitative estimate of drug-likeness (QED) is 0.804. The summed E-state index contributed by atoms with van der Waals surface area (Å²) < 4.78 is 11.2. The average molecular weight is 381 g/mol. The first-order chi connectivity index (χ1) is 12.5. The lowest BCUT2D eigenvalue weighted by atomic mass is 10.2. The molecule has 2 atom stereocenters. The summed E-state index contributed by atoms with van der Waals surface area (Å²) in [6.07, 6.45) is 1.61. The van der Waals surface area contributed by atoms with Crippen molar-refractivity contribution >= 4 is 23.4 Å². The fourth-order valence-corrected chi connectivity index (χ4v) is 3.49. The van der Waals surface area contributed by atoms with Crippen LogP contribution in [0.15, 0.2) is 24.3 Å². The van der Waals surface area contributed by atoms with Crippen LogP contribution >= 0.6 is 11.6 Å². The van der Waals surface area contributed by atoms with E-state index in [1.807, 2.05) is 4.90 Å². The van der Waals surface area contributed by atoms with Crippen molar-refractivity contribution in [2.45, 2.75) is 38.4 Å². The Morgan fingerprint density at radius 2 is 1.81 bits per heavy atom. The Bertz CT molecular complexity index is 631. The number of hydrogen-bond donors (Lipinski definition) is 0. The number of amides is 2. The van der Waals surface area contributed by atoms with Crippen molar-refractivity contribution in [2.24, 2.45) is 0 Å². The highest BCUT2D eigenvalue weighted by Crippen LogP contribution is 2.19. The van der Waals surface area contributed by atoms with Crippen molar-refractivity contribution in [3.05, 3.63) is 29.3 Å². The van der Waals surface area contributed by atoms with Crippen molar-refractivity contribution in [3.8, 4) is 5.75 Å². The van der Waals surface area contributed by atoms with Crippen LogP contribution in [-0.4, -0.2) is 66.6 Å². The van der Waals surface area contributed by atoms with E-state index < -0.39 is 6.10 Å². The minimum Gasteiger partial charge on any atom is -0.481 e. The molecule has 0 bridgehead atoms. The zero-order valence-electron chi connectivity index (χ0n) is 15.0. The molecule has 2 saturated heterocycles. The Morgan fingerprint density at radius 3 is 2.50 bits per heavy atom. The summed E-state index contributed by atoms with van der Waals surface area (Å²) in [6, 6.07) is 6.95. The molecule has 6 nitrogen and oxygen atoms in total. The molecule has 2 fully saturated rings. The maximum atomic E-state index is 12.7. The molecule has 2 heterocycles. The first kappa shape index (κ1) is 19.0. The van der Waals surface area contributed by atoms with Crippen LogP contribution in [0.25, 0.3) is 0 Å². The maximum Gasteiger partial charge on any atom is 0.263 e. The lowest BCUT2D eigenvalue weighted by molar-refractivity contribution is -0.142. The van der Waals surface area contributed by atoms with Gasteiger partial charge in [-0.05, 0) is 50.5 Å². The van der Waals surface area contributed by atoms with E-state index in [0.717, 1.165) is 19.3 Å². The summed E-state index contributed by atoms with van der Waals surface area (Å²) in [5.74, 6) is 0.605. The number of halogens is 1. The molecule has 0 saturated carbocycles. The number of hydrogen-bond acceptors (Lipinski definition) is 4. The van der Waals surface area contributed by atoms with Crippen LogP contribution in [0.5, 0.6) is 5.75 Å². The van der Waals surface area contributed by atoms with E-state index in [-0.39, 0.29) is 17.9 Å². The second-order valence-corrected chi connectivity index (χ2v) is 7.16. The second-order valence-electron chi connectivity index (χ2n) is 6.72. The van der Waals surface area contributed by atoms with E-state index >= 15 is 0 Å². The number of ether oxygens (including phenoxy) is 2. The second kappa shape index (κ2) is 8.73. The highest BCUT2D eigenvalue weighted by Gasteiger charge is 2.31. The van der Waals surface area contributed by atoms with Gasteiger partial charge in [-0.1, -0.05) is 11.6 Å². The van der Waals surface area contributed by atoms with Crippen molar-refractivity contribution in [3.63, 3.8) is 0 Å². The average Bonchev–Trinajstić information content (AvgIpc) is 3.07. The number of carbonyl (C=O) groups is 2. The molecular weight excluding hydrogens is 356 g/mol. The van der Waals surface area contributed by atoms with Gasteiger partial charge in [0.05, 0.1) is 0 Å². The van der Waals surface area contributed by atoms with Gasteiger partial charge in [0, 0.05) is 37.8 Å². The van der Waals surface area contributed by atoms with Crippen molar-refractivity contribution < 1.29 is 19.1 Å². The first-order valence-corrected chi connectivity index (χ1v) is 9.54. The van der Waals surface area contributed by atoms with Gasteiger partial charge in [0.25, 0.3) is 11.8 Å². The predicted octanol–water partition coefficient (Wildman–Crippen LogP) is 2.35. The fraction of sp³-hybridized carbons (Fsp3) is 0.579. The van der Waals surface area contributed by atoms with Gasteiger partial charge in [0.15, 0.2) is 6.10 Å². The Labute approximate surface area is 159 Å². The van der Waals surface area contributed by atoms with Crippen LogP contribution < -0.4 is 4.74 Å². The summed E-state index contributed by atoms with van der Waals surface area (Å²) in [4.78, 5) is 28.8. The van der Waals surface area contributed by atoms with Gasteiger partial charge in [-0.15, -0.1) is 0 Å². The van der Waals surface area contributed by atoms with Crippen LogP contribution in [0.3, 0.4) is 0 Å². The molecule has 0 aliphatic carbocycles. The molecule has 1 aromatic carbocycles. The molecule has 7 heteroatoms. The molecule has 142 valence electrons. The third-order valence-corrected chi connectivity index (χ3v) is 5.05. The van der Waals surface area contributed by atoms with Crippen LogP contribution in [0.2, 0.25) is 5.02 Å². The van der Waals surface area contributed by atoms with Crippen molar-refractivity contribution in [1.82, 2.24) is 9.80 Å². The van der Waals surface area contributed by atoms with E-state index in [4.69, 9.17) is 21.1 Å². The molecule has 2 aliphatic heterocycles. The number of carbonyl (C=O) groups excluding carboxylic acids is 2. The Morgan fingerprint density at radius 1 is 1.12 bits per heavy atom. The summed E-state index contributed by atoms with van der Waals surface area (Å²) >= 11 is 5.87. The zero-order chi connectivity index (χ0) is 18.5. The highest BCUT2D eigenvalue weighted by atomic mass is 35.5. The molecule has 0 N–H and O–H groups in total. The van der Waals surface area contributed by atoms with E-state index in [9.17, 15) is 9.59 Å². The van der Waals surface area contributed by atoms with Gasteiger partial charge < -0.3 is 19.3 Å². The largest absolute Gasteiger partial charge is 0.481 e. The SMILES string of the molecule is CC(Oc1ccc(Cl)cc1)C(=O)N1CCCN(C(=O)C2CCCO2)CC1. The molecule has 0 radical (unpaired) electrons. The van der Waals surface area contributed by atoms with Gasteiger partial charge >= 0.3 is 0 Å². The number of benzene rings is 1. The van der Waals surface area contributed by atoms with E-state index in [1.54, 1.807) is 36.1 Å². The molecule has 0 spiro atoms. The monoisotopic (exact) mass is 380 g/mol. The smallest absolute Gasteiger partial charge is 0.263 e. The van der Waals surface area contributed by atoms with Crippen molar-refractivity contribution in [2.75, 3.05) is 32.8 Å². The standard InChI is InChI=1S/C19H25ClN2O4/c1-14(26-16-7-5-15(20)6-8-16)18(23)21-9-3-10-22(12-11-21)19(24)17-4-2-13-25-17/h5-8,14,17H,2-4,9-13H2,1H3. The summed E-state index contributed by atoms with van der Waals surface area (Å²) in [5, 5.41) is 0.625. The van der Waals surface area contributed by atoms with E-state index in [1.165, 1.54) is 0 Å². The molecule has 3 rings (SSSR count). The topological polar surface area (TPSA) is 59.1 Å². The zero-order valence-corrected chi connectivity index (χ0v) is 15.8. The minimum absolute atomic E-state index is 0.0576. The van der Waals surface area contributed by atoms with Crippen LogP contribution in [0, 0.1) is 0 Å². The Hall–Kier alpha value is -1.79. The Kier molecular flexibility index (Phi) is 6.38. The van der Waals surface area contributed by atoms with Gasteiger partial charge in [0.1, 0.15) is 11.9 Å². The highest BCUT2D eigenvalue weighted by molar-refractivity contribution is 6.30. The first-order valence-electron chi connectivity index (χ1n) is 9.16. The van der Waals surface area contributed by atoms with Gasteiger partial charge in [0.2, 0.25) is 0 Å². The number of nitrogens with zero attached hydrogens (tertiary/aromatic N) is 2. The predicted molar refractivity (Wildman–Crippen MR) is 98.3 cm³/mol. The van der Waals surface area contributed by atoms with Crippen LogP contribution in [-0.2, 0) is 14.3 Å². The van der Waals surface area contributed by atoms with Gasteiger partial charge in [-0.25, -0.2) is 0 Å². The van der Waals surface area contributed by atoms with E-state index in [0.29, 0.717) is 43.6 Å². The lowest BCUT2D eigenvalue weighted by Gasteiger charge is -2.26.